The van der Waals surface area contributed by atoms with Crippen molar-refractivity contribution < 1.29 is 4.79 Å². The van der Waals surface area contributed by atoms with Crippen molar-refractivity contribution >= 4 is 17.5 Å². The summed E-state index contributed by atoms with van der Waals surface area (Å²) in [5.74, 6) is 0.223. The van der Waals surface area contributed by atoms with Crippen LogP contribution in [0.4, 0.5) is 0 Å². The molecule has 10 heavy (non-hydrogen) atoms. The van der Waals surface area contributed by atoms with E-state index < -0.39 is 5.91 Å². The van der Waals surface area contributed by atoms with Crippen LogP contribution in [0.15, 0.2) is 12.2 Å². The first-order valence-electron chi connectivity index (χ1n) is 3.22. The molecule has 0 aromatic rings. The quantitative estimate of drug-likeness (QED) is 0.370. The Hall–Kier alpha value is -0.500. The van der Waals surface area contributed by atoms with Gasteiger partial charge in [-0.15, -0.1) is 11.6 Å². The van der Waals surface area contributed by atoms with Gasteiger partial charge in [0.25, 0.3) is 0 Å². The summed E-state index contributed by atoms with van der Waals surface area (Å²) < 4.78 is 0. The number of alkyl halides is 1. The standard InChI is InChI=1S/C7H12ClNO/c1-6(7(9)10)4-2-3-5-8/h1-5H2,(H2,9,10). The highest BCUT2D eigenvalue weighted by molar-refractivity contribution is 6.17. The molecule has 0 aliphatic rings. The van der Waals surface area contributed by atoms with E-state index >= 15 is 0 Å². The molecule has 2 nitrogen and oxygen atoms in total. The van der Waals surface area contributed by atoms with Crippen molar-refractivity contribution in [3.05, 3.63) is 12.2 Å². The van der Waals surface area contributed by atoms with Gasteiger partial charge in [-0.05, 0) is 19.3 Å². The van der Waals surface area contributed by atoms with Gasteiger partial charge in [-0.25, -0.2) is 0 Å². The van der Waals surface area contributed by atoms with Crippen molar-refractivity contribution in [2.75, 3.05) is 5.88 Å². The predicted molar refractivity (Wildman–Crippen MR) is 42.9 cm³/mol. The van der Waals surface area contributed by atoms with E-state index in [4.69, 9.17) is 17.3 Å². The van der Waals surface area contributed by atoms with Crippen LogP contribution in [0.25, 0.3) is 0 Å². The Kier molecular flexibility index (Phi) is 5.03. The highest BCUT2D eigenvalue weighted by Gasteiger charge is 1.99. The average molecular weight is 162 g/mol. The van der Waals surface area contributed by atoms with Crippen LogP contribution in [0, 0.1) is 0 Å². The first kappa shape index (κ1) is 9.50. The molecule has 58 valence electrons. The lowest BCUT2D eigenvalue weighted by Crippen LogP contribution is -2.12. The molecule has 0 atom stereocenters. The molecule has 0 rings (SSSR count). The zero-order valence-corrected chi connectivity index (χ0v) is 6.66. The summed E-state index contributed by atoms with van der Waals surface area (Å²) in [6.45, 7) is 3.51. The molecule has 0 aromatic heterocycles. The molecule has 0 aromatic carbocycles. The number of amides is 1. The summed E-state index contributed by atoms with van der Waals surface area (Å²) >= 11 is 5.42. The van der Waals surface area contributed by atoms with Gasteiger partial charge in [0, 0.05) is 11.5 Å². The van der Waals surface area contributed by atoms with Gasteiger partial charge < -0.3 is 5.73 Å². The lowest BCUT2D eigenvalue weighted by molar-refractivity contribution is -0.114. The number of hydrogen-bond donors (Lipinski definition) is 1. The summed E-state index contributed by atoms with van der Waals surface area (Å²) in [4.78, 5) is 10.4. The molecule has 0 fully saturated rings. The third-order valence-electron chi connectivity index (χ3n) is 1.21. The lowest BCUT2D eigenvalue weighted by Gasteiger charge is -1.97. The van der Waals surface area contributed by atoms with Crippen LogP contribution >= 0.6 is 11.6 Å². The Bertz CT molecular complexity index is 134. The van der Waals surface area contributed by atoms with Crippen LogP contribution in [-0.2, 0) is 4.79 Å². The Balaban J connectivity index is 3.31. The molecule has 0 aliphatic heterocycles. The summed E-state index contributed by atoms with van der Waals surface area (Å²) in [7, 11) is 0. The highest BCUT2D eigenvalue weighted by atomic mass is 35.5. The topological polar surface area (TPSA) is 43.1 Å². The van der Waals surface area contributed by atoms with E-state index in [0.29, 0.717) is 17.9 Å². The van der Waals surface area contributed by atoms with Crippen molar-refractivity contribution in [2.45, 2.75) is 19.3 Å². The monoisotopic (exact) mass is 161 g/mol. The van der Waals surface area contributed by atoms with Gasteiger partial charge in [-0.2, -0.15) is 0 Å². The predicted octanol–water partition coefficient (Wildman–Crippen LogP) is 1.44. The van der Waals surface area contributed by atoms with E-state index in [1.807, 2.05) is 0 Å². The Labute approximate surface area is 66.0 Å². The minimum Gasteiger partial charge on any atom is -0.366 e. The maximum absolute atomic E-state index is 10.4. The summed E-state index contributed by atoms with van der Waals surface area (Å²) in [5.41, 5.74) is 5.44. The van der Waals surface area contributed by atoms with E-state index in [1.165, 1.54) is 0 Å². The maximum atomic E-state index is 10.4. The fourth-order valence-electron chi connectivity index (χ4n) is 0.556. The number of hydrogen-bond acceptors (Lipinski definition) is 1. The van der Waals surface area contributed by atoms with E-state index in [0.717, 1.165) is 12.8 Å². The number of primary amides is 1. The van der Waals surface area contributed by atoms with Crippen LogP contribution in [0.3, 0.4) is 0 Å². The molecule has 0 heterocycles. The first-order chi connectivity index (χ1) is 4.68. The molecular formula is C7H12ClNO. The number of nitrogens with two attached hydrogens (primary N) is 1. The first-order valence-corrected chi connectivity index (χ1v) is 3.75. The van der Waals surface area contributed by atoms with Gasteiger partial charge in [-0.1, -0.05) is 6.58 Å². The largest absolute Gasteiger partial charge is 0.366 e. The minimum absolute atomic E-state index is 0.408. The number of halogens is 1. The second kappa shape index (κ2) is 5.30. The number of rotatable bonds is 5. The molecule has 0 radical (unpaired) electrons. The van der Waals surface area contributed by atoms with E-state index in [9.17, 15) is 4.79 Å². The molecule has 0 saturated heterocycles. The fourth-order valence-corrected chi connectivity index (χ4v) is 0.745. The SMILES string of the molecule is C=C(CCCCCl)C(N)=O. The third-order valence-corrected chi connectivity index (χ3v) is 1.48. The Morgan fingerprint density at radius 3 is 2.50 bits per heavy atom. The number of unbranched alkanes of at least 4 members (excludes halogenated alkanes) is 1. The van der Waals surface area contributed by atoms with Gasteiger partial charge in [0.2, 0.25) is 5.91 Å². The van der Waals surface area contributed by atoms with E-state index in [1.54, 1.807) is 0 Å². The van der Waals surface area contributed by atoms with Crippen LogP contribution in [0.2, 0.25) is 0 Å². The van der Waals surface area contributed by atoms with Crippen LogP contribution in [-0.4, -0.2) is 11.8 Å². The molecule has 0 aliphatic carbocycles. The van der Waals surface area contributed by atoms with Crippen molar-refractivity contribution in [1.82, 2.24) is 0 Å². The summed E-state index contributed by atoms with van der Waals surface area (Å²) in [6, 6.07) is 0. The van der Waals surface area contributed by atoms with E-state index in [-0.39, 0.29) is 0 Å². The Morgan fingerprint density at radius 1 is 1.50 bits per heavy atom. The molecule has 0 unspecified atom stereocenters. The smallest absolute Gasteiger partial charge is 0.244 e. The molecule has 0 bridgehead atoms. The minimum atomic E-state index is -0.408. The Morgan fingerprint density at radius 2 is 2.10 bits per heavy atom. The second-order valence-electron chi connectivity index (χ2n) is 2.11. The summed E-state index contributed by atoms with van der Waals surface area (Å²) in [5, 5.41) is 0. The fraction of sp³-hybridized carbons (Fsp3) is 0.571. The zero-order valence-electron chi connectivity index (χ0n) is 5.90. The summed E-state index contributed by atoms with van der Waals surface area (Å²) in [6.07, 6.45) is 2.47. The second-order valence-corrected chi connectivity index (χ2v) is 2.49. The molecule has 0 spiro atoms. The normalized spacial score (nSPS) is 9.30. The molecule has 2 N–H and O–H groups in total. The lowest BCUT2D eigenvalue weighted by atomic mass is 10.1. The van der Waals surface area contributed by atoms with Crippen LogP contribution in [0.5, 0.6) is 0 Å². The van der Waals surface area contributed by atoms with Gasteiger partial charge in [0.1, 0.15) is 0 Å². The van der Waals surface area contributed by atoms with Crippen molar-refractivity contribution in [3.63, 3.8) is 0 Å². The van der Waals surface area contributed by atoms with Gasteiger partial charge in [0.15, 0.2) is 0 Å². The van der Waals surface area contributed by atoms with Crippen molar-refractivity contribution in [3.8, 4) is 0 Å². The van der Waals surface area contributed by atoms with Crippen molar-refractivity contribution in [2.24, 2.45) is 5.73 Å². The van der Waals surface area contributed by atoms with Gasteiger partial charge in [-0.3, -0.25) is 4.79 Å². The highest BCUT2D eigenvalue weighted by Crippen LogP contribution is 2.04. The molecule has 1 amide bonds. The van der Waals surface area contributed by atoms with Gasteiger partial charge >= 0.3 is 0 Å². The van der Waals surface area contributed by atoms with E-state index in [2.05, 4.69) is 6.58 Å². The number of carbonyl (C=O) groups excluding carboxylic acids is 1. The van der Waals surface area contributed by atoms with Gasteiger partial charge in [0.05, 0.1) is 0 Å². The maximum Gasteiger partial charge on any atom is 0.244 e. The van der Waals surface area contributed by atoms with Crippen LogP contribution < -0.4 is 5.73 Å². The third kappa shape index (κ3) is 4.39. The molecule has 0 saturated carbocycles. The zero-order chi connectivity index (χ0) is 7.98. The van der Waals surface area contributed by atoms with Crippen molar-refractivity contribution in [1.29, 1.82) is 0 Å². The molecular weight excluding hydrogens is 150 g/mol. The van der Waals surface area contributed by atoms with Crippen LogP contribution in [0.1, 0.15) is 19.3 Å². The number of carbonyl (C=O) groups is 1. The average Bonchev–Trinajstić information content (AvgIpc) is 1.88. The molecule has 3 heteroatoms.